The van der Waals surface area contributed by atoms with Gasteiger partial charge in [0.2, 0.25) is 0 Å². The Morgan fingerprint density at radius 3 is 2.69 bits per heavy atom. The second kappa shape index (κ2) is 10.2. The van der Waals surface area contributed by atoms with Gasteiger partial charge in [0.25, 0.3) is 0 Å². The number of rotatable bonds is 3. The number of ether oxygens (including phenoxy) is 3. The number of aryl methyl sites for hydroxylation is 1. The first kappa shape index (κ1) is 21.7. The van der Waals surface area contributed by atoms with E-state index in [-0.39, 0.29) is 36.2 Å². The first-order valence-corrected chi connectivity index (χ1v) is 9.76. The molecule has 1 saturated heterocycles. The number of hydrogen-bond donors (Lipinski definition) is 1. The summed E-state index contributed by atoms with van der Waals surface area (Å²) in [5, 5.41) is 3.44. The van der Waals surface area contributed by atoms with E-state index in [2.05, 4.69) is 46.4 Å². The molecule has 0 amide bonds. The van der Waals surface area contributed by atoms with Gasteiger partial charge in [0, 0.05) is 13.6 Å². The van der Waals surface area contributed by atoms with E-state index in [1.54, 1.807) is 0 Å². The van der Waals surface area contributed by atoms with Crippen LogP contribution in [0.3, 0.4) is 0 Å². The van der Waals surface area contributed by atoms with Gasteiger partial charge in [-0.05, 0) is 30.2 Å². The Kier molecular flexibility index (Phi) is 7.60. The Morgan fingerprint density at radius 1 is 1.14 bits per heavy atom. The molecule has 0 saturated carbocycles. The summed E-state index contributed by atoms with van der Waals surface area (Å²) < 4.78 is 17.9. The van der Waals surface area contributed by atoms with E-state index in [1.165, 1.54) is 11.1 Å². The summed E-state index contributed by atoms with van der Waals surface area (Å²) >= 11 is 0. The highest BCUT2D eigenvalue weighted by atomic mass is 127. The average molecular weight is 509 g/mol. The third-order valence-corrected chi connectivity index (χ3v) is 5.17. The lowest BCUT2D eigenvalue weighted by Gasteiger charge is -2.36. The molecule has 2 aromatic rings. The minimum absolute atomic E-state index is 0. The fraction of sp³-hybridized carbons (Fsp3) is 0.409. The van der Waals surface area contributed by atoms with E-state index in [0.717, 1.165) is 30.5 Å². The van der Waals surface area contributed by atoms with Crippen LogP contribution in [0.1, 0.15) is 17.2 Å². The first-order valence-electron chi connectivity index (χ1n) is 9.76. The van der Waals surface area contributed by atoms with Crippen molar-refractivity contribution < 1.29 is 14.2 Å². The molecular weight excluding hydrogens is 481 g/mol. The number of nitrogens with one attached hydrogen (secondary N) is 1. The molecule has 7 heteroatoms. The van der Waals surface area contributed by atoms with Crippen LogP contribution in [0.2, 0.25) is 0 Å². The lowest BCUT2D eigenvalue weighted by atomic mass is 10.0. The highest BCUT2D eigenvalue weighted by Crippen LogP contribution is 2.30. The standard InChI is InChI=1S/C22H27N3O3.HI/c1-16-7-3-4-8-18(16)21-14-25(11-12-26-21)22(23-2)24-13-17-15-27-19-9-5-6-10-20(19)28-17;/h3-10,17,21H,11-15H2,1-2H3,(H,23,24);1H. The quantitative estimate of drug-likeness (QED) is 0.391. The summed E-state index contributed by atoms with van der Waals surface area (Å²) in [6.07, 6.45) is -0.00510. The number of halogens is 1. The molecule has 2 aromatic carbocycles. The highest BCUT2D eigenvalue weighted by molar-refractivity contribution is 14.0. The Morgan fingerprint density at radius 2 is 1.90 bits per heavy atom. The third kappa shape index (κ3) is 5.14. The highest BCUT2D eigenvalue weighted by Gasteiger charge is 2.26. The van der Waals surface area contributed by atoms with Crippen molar-refractivity contribution in [2.75, 3.05) is 39.9 Å². The Labute approximate surface area is 189 Å². The maximum atomic E-state index is 6.03. The van der Waals surface area contributed by atoms with Crippen molar-refractivity contribution in [3.63, 3.8) is 0 Å². The lowest BCUT2D eigenvalue weighted by molar-refractivity contribution is -0.00860. The summed E-state index contributed by atoms with van der Waals surface area (Å²) in [5.41, 5.74) is 2.49. The zero-order chi connectivity index (χ0) is 19.3. The third-order valence-electron chi connectivity index (χ3n) is 5.17. The van der Waals surface area contributed by atoms with E-state index < -0.39 is 0 Å². The van der Waals surface area contributed by atoms with Gasteiger partial charge in [-0.3, -0.25) is 4.99 Å². The Bertz CT molecular complexity index is 846. The van der Waals surface area contributed by atoms with E-state index in [9.17, 15) is 0 Å². The summed E-state index contributed by atoms with van der Waals surface area (Å²) in [4.78, 5) is 6.72. The monoisotopic (exact) mass is 509 g/mol. The molecule has 2 atom stereocenters. The van der Waals surface area contributed by atoms with Gasteiger partial charge in [0.05, 0.1) is 19.7 Å². The SMILES string of the molecule is CN=C(NCC1COc2ccccc2O1)N1CCOC(c2ccccc2C)C1.I. The second-order valence-corrected chi connectivity index (χ2v) is 7.09. The van der Waals surface area contributed by atoms with Crippen LogP contribution in [0.5, 0.6) is 11.5 Å². The summed E-state index contributed by atoms with van der Waals surface area (Å²) in [7, 11) is 1.81. The van der Waals surface area contributed by atoms with Gasteiger partial charge in [-0.25, -0.2) is 0 Å². The second-order valence-electron chi connectivity index (χ2n) is 7.09. The number of nitrogens with zero attached hydrogens (tertiary/aromatic N) is 2. The minimum Gasteiger partial charge on any atom is -0.486 e. The molecule has 2 unspecified atom stereocenters. The molecule has 2 aliphatic rings. The molecule has 156 valence electrons. The predicted octanol–water partition coefficient (Wildman–Crippen LogP) is 3.40. The van der Waals surface area contributed by atoms with Crippen molar-refractivity contribution in [2.45, 2.75) is 19.1 Å². The molecule has 0 bridgehead atoms. The van der Waals surface area contributed by atoms with Gasteiger partial charge < -0.3 is 24.4 Å². The smallest absolute Gasteiger partial charge is 0.193 e. The molecule has 6 nitrogen and oxygen atoms in total. The van der Waals surface area contributed by atoms with Crippen molar-refractivity contribution in [3.05, 3.63) is 59.7 Å². The van der Waals surface area contributed by atoms with Crippen LogP contribution in [0.4, 0.5) is 0 Å². The van der Waals surface area contributed by atoms with Crippen LogP contribution in [-0.4, -0.2) is 56.9 Å². The van der Waals surface area contributed by atoms with Crippen molar-refractivity contribution in [3.8, 4) is 11.5 Å². The van der Waals surface area contributed by atoms with E-state index in [1.807, 2.05) is 31.3 Å². The van der Waals surface area contributed by atoms with Crippen molar-refractivity contribution in [1.82, 2.24) is 10.2 Å². The minimum atomic E-state index is -0.0557. The number of para-hydroxylation sites is 2. The van der Waals surface area contributed by atoms with Gasteiger partial charge in [0.1, 0.15) is 18.8 Å². The zero-order valence-corrected chi connectivity index (χ0v) is 19.2. The number of benzene rings is 2. The van der Waals surface area contributed by atoms with Crippen LogP contribution in [0.15, 0.2) is 53.5 Å². The van der Waals surface area contributed by atoms with E-state index in [4.69, 9.17) is 14.2 Å². The number of fused-ring (bicyclic) bond motifs is 1. The van der Waals surface area contributed by atoms with Gasteiger partial charge in [-0.15, -0.1) is 24.0 Å². The normalized spacial score (nSPS) is 21.3. The van der Waals surface area contributed by atoms with E-state index in [0.29, 0.717) is 19.8 Å². The molecule has 0 radical (unpaired) electrons. The van der Waals surface area contributed by atoms with Gasteiger partial charge in [0.15, 0.2) is 17.5 Å². The maximum absolute atomic E-state index is 6.03. The molecule has 0 spiro atoms. The van der Waals surface area contributed by atoms with Crippen LogP contribution in [0, 0.1) is 6.92 Å². The maximum Gasteiger partial charge on any atom is 0.193 e. The van der Waals surface area contributed by atoms with Crippen molar-refractivity contribution in [2.24, 2.45) is 4.99 Å². The van der Waals surface area contributed by atoms with E-state index >= 15 is 0 Å². The van der Waals surface area contributed by atoms with Crippen molar-refractivity contribution in [1.29, 1.82) is 0 Å². The fourth-order valence-corrected chi connectivity index (χ4v) is 3.68. The molecule has 2 aliphatic heterocycles. The largest absolute Gasteiger partial charge is 0.486 e. The molecular formula is C22H28IN3O3. The number of aliphatic imine (C=N–C) groups is 1. The molecule has 1 fully saturated rings. The Balaban J connectivity index is 0.00000240. The molecule has 4 rings (SSSR count). The predicted molar refractivity (Wildman–Crippen MR) is 125 cm³/mol. The van der Waals surface area contributed by atoms with Gasteiger partial charge >= 0.3 is 0 Å². The van der Waals surface area contributed by atoms with Crippen molar-refractivity contribution >= 4 is 29.9 Å². The molecule has 0 aromatic heterocycles. The Hall–Kier alpha value is -2.00. The van der Waals surface area contributed by atoms with Crippen LogP contribution in [0.25, 0.3) is 0 Å². The molecule has 1 N–H and O–H groups in total. The average Bonchev–Trinajstić information content (AvgIpc) is 2.74. The fourth-order valence-electron chi connectivity index (χ4n) is 3.68. The molecule has 0 aliphatic carbocycles. The zero-order valence-electron chi connectivity index (χ0n) is 16.8. The first-order chi connectivity index (χ1) is 13.7. The summed E-state index contributed by atoms with van der Waals surface area (Å²) in [6.45, 7) is 5.55. The van der Waals surface area contributed by atoms with Gasteiger partial charge in [-0.1, -0.05) is 36.4 Å². The van der Waals surface area contributed by atoms with Crippen LogP contribution >= 0.6 is 24.0 Å². The topological polar surface area (TPSA) is 55.3 Å². The van der Waals surface area contributed by atoms with Crippen LogP contribution in [-0.2, 0) is 4.74 Å². The molecule has 29 heavy (non-hydrogen) atoms. The van der Waals surface area contributed by atoms with Gasteiger partial charge in [-0.2, -0.15) is 0 Å². The number of morpholine rings is 1. The number of hydrogen-bond acceptors (Lipinski definition) is 4. The number of guanidine groups is 1. The summed E-state index contributed by atoms with van der Waals surface area (Å²) in [5.74, 6) is 2.46. The lowest BCUT2D eigenvalue weighted by Crippen LogP contribution is -2.51. The van der Waals surface area contributed by atoms with Crippen LogP contribution < -0.4 is 14.8 Å². The summed E-state index contributed by atoms with van der Waals surface area (Å²) in [6, 6.07) is 16.2. The molecule has 2 heterocycles.